The number of carbonyl (C=O) groups excluding carboxylic acids is 1. The summed E-state index contributed by atoms with van der Waals surface area (Å²) in [5, 5.41) is 0. The van der Waals surface area contributed by atoms with E-state index in [-0.39, 0.29) is 11.5 Å². The number of rotatable bonds is 2. The summed E-state index contributed by atoms with van der Waals surface area (Å²) < 4.78 is 6.39. The number of hydrogen-bond acceptors (Lipinski definition) is 2. The summed E-state index contributed by atoms with van der Waals surface area (Å²) in [5.41, 5.74) is 3.49. The molecule has 0 aromatic heterocycles. The Morgan fingerprint density at radius 3 is 2.24 bits per heavy atom. The lowest BCUT2D eigenvalue weighted by Crippen LogP contribution is -2.56. The molecule has 0 amide bonds. The third-order valence-electron chi connectivity index (χ3n) is 5.67. The lowest BCUT2D eigenvalue weighted by atomic mass is 9.60. The van der Waals surface area contributed by atoms with Crippen LogP contribution in [0.25, 0.3) is 0 Å². The van der Waals surface area contributed by atoms with Gasteiger partial charge in [-0.15, -0.1) is 0 Å². The summed E-state index contributed by atoms with van der Waals surface area (Å²) in [5.74, 6) is 1.45. The molecule has 0 N–H and O–H groups in total. The molecule has 1 unspecified atom stereocenters. The van der Waals surface area contributed by atoms with E-state index < -0.39 is 0 Å². The number of benzene rings is 1. The van der Waals surface area contributed by atoms with Crippen LogP contribution in [-0.2, 0) is 4.79 Å². The van der Waals surface area contributed by atoms with Crippen LogP contribution in [0.4, 0.5) is 0 Å². The Morgan fingerprint density at radius 1 is 1.00 bits per heavy atom. The molecule has 3 rings (SSSR count). The van der Waals surface area contributed by atoms with E-state index in [1.807, 2.05) is 0 Å². The van der Waals surface area contributed by atoms with Gasteiger partial charge in [0.25, 0.3) is 0 Å². The van der Waals surface area contributed by atoms with Crippen molar-refractivity contribution in [3.63, 3.8) is 0 Å². The van der Waals surface area contributed by atoms with E-state index in [0.717, 1.165) is 18.6 Å². The summed E-state index contributed by atoms with van der Waals surface area (Å²) in [7, 11) is 0. The van der Waals surface area contributed by atoms with Crippen LogP contribution in [0.3, 0.4) is 0 Å². The quantitative estimate of drug-likeness (QED) is 0.789. The van der Waals surface area contributed by atoms with Crippen molar-refractivity contribution in [2.45, 2.75) is 71.8 Å². The number of ether oxygens (including phenoxy) is 1. The Bertz CT molecular complexity index is 551. The van der Waals surface area contributed by atoms with Gasteiger partial charge in [0.05, 0.1) is 5.41 Å². The molecule has 1 spiro atoms. The first-order valence-corrected chi connectivity index (χ1v) is 8.31. The molecular weight excluding hydrogens is 260 g/mol. The molecule has 1 atom stereocenters. The first-order chi connectivity index (χ1) is 10.0. The fourth-order valence-corrected chi connectivity index (χ4v) is 3.98. The van der Waals surface area contributed by atoms with E-state index in [1.54, 1.807) is 0 Å². The predicted octanol–water partition coefficient (Wildman–Crippen LogP) is 4.67. The summed E-state index contributed by atoms with van der Waals surface area (Å²) in [6.07, 6.45) is 7.65. The Labute approximate surface area is 127 Å². The highest BCUT2D eigenvalue weighted by Gasteiger charge is 2.55. The van der Waals surface area contributed by atoms with Gasteiger partial charge in [-0.1, -0.05) is 37.8 Å². The van der Waals surface area contributed by atoms with Gasteiger partial charge in [-0.05, 0) is 50.3 Å². The van der Waals surface area contributed by atoms with E-state index >= 15 is 0 Å². The van der Waals surface area contributed by atoms with Gasteiger partial charge in [0.1, 0.15) is 17.6 Å². The monoisotopic (exact) mass is 286 g/mol. The van der Waals surface area contributed by atoms with Crippen molar-refractivity contribution in [2.75, 3.05) is 0 Å². The molecule has 21 heavy (non-hydrogen) atoms. The molecule has 0 saturated heterocycles. The molecule has 2 fully saturated rings. The number of carbonyl (C=O) groups is 1. The summed E-state index contributed by atoms with van der Waals surface area (Å²) >= 11 is 0. The summed E-state index contributed by atoms with van der Waals surface area (Å²) in [4.78, 5) is 12.3. The minimum atomic E-state index is -0.168. The second-order valence-corrected chi connectivity index (χ2v) is 6.96. The maximum Gasteiger partial charge on any atom is 0.146 e. The zero-order valence-corrected chi connectivity index (χ0v) is 13.5. The van der Waals surface area contributed by atoms with Crippen molar-refractivity contribution >= 4 is 5.78 Å². The van der Waals surface area contributed by atoms with Gasteiger partial charge in [0.15, 0.2) is 0 Å². The zero-order chi connectivity index (χ0) is 15.0. The molecular formula is C19H26O2. The second kappa shape index (κ2) is 5.47. The fraction of sp³-hybridized carbons (Fsp3) is 0.632. The van der Waals surface area contributed by atoms with Gasteiger partial charge < -0.3 is 4.74 Å². The summed E-state index contributed by atoms with van der Waals surface area (Å²) in [6, 6.07) is 4.27. The largest absolute Gasteiger partial charge is 0.488 e. The van der Waals surface area contributed by atoms with Crippen molar-refractivity contribution in [1.29, 1.82) is 0 Å². The van der Waals surface area contributed by atoms with Crippen molar-refractivity contribution in [1.82, 2.24) is 0 Å². The molecule has 0 bridgehead atoms. The predicted molar refractivity (Wildman–Crippen MR) is 84.8 cm³/mol. The van der Waals surface area contributed by atoms with Gasteiger partial charge in [0, 0.05) is 6.42 Å². The average molecular weight is 286 g/mol. The van der Waals surface area contributed by atoms with E-state index in [4.69, 9.17) is 4.74 Å². The highest BCUT2D eigenvalue weighted by molar-refractivity contribution is 5.92. The van der Waals surface area contributed by atoms with Gasteiger partial charge in [0.2, 0.25) is 0 Å². The topological polar surface area (TPSA) is 26.3 Å². The van der Waals surface area contributed by atoms with Gasteiger partial charge >= 0.3 is 0 Å². The number of hydrogen-bond donors (Lipinski definition) is 0. The first kappa shape index (κ1) is 14.6. The van der Waals surface area contributed by atoms with Crippen LogP contribution < -0.4 is 4.74 Å². The fourth-order valence-electron chi connectivity index (χ4n) is 3.98. The van der Waals surface area contributed by atoms with Crippen molar-refractivity contribution in [3.8, 4) is 5.75 Å². The highest BCUT2D eigenvalue weighted by atomic mass is 16.5. The molecule has 114 valence electrons. The third kappa shape index (κ3) is 2.39. The lowest BCUT2D eigenvalue weighted by molar-refractivity contribution is -0.154. The van der Waals surface area contributed by atoms with Crippen LogP contribution >= 0.6 is 0 Å². The third-order valence-corrected chi connectivity index (χ3v) is 5.67. The first-order valence-electron chi connectivity index (χ1n) is 8.31. The van der Waals surface area contributed by atoms with Crippen molar-refractivity contribution in [2.24, 2.45) is 5.41 Å². The molecule has 2 aliphatic rings. The molecule has 2 aliphatic carbocycles. The SMILES string of the molecule is Cc1ccc(C)c(OC2CC(=O)C23CCCCCC3)c1C. The van der Waals surface area contributed by atoms with Crippen molar-refractivity contribution in [3.05, 3.63) is 28.8 Å². The van der Waals surface area contributed by atoms with Crippen LogP contribution in [0.2, 0.25) is 0 Å². The molecule has 2 saturated carbocycles. The van der Waals surface area contributed by atoms with Crippen LogP contribution in [0.5, 0.6) is 5.75 Å². The molecule has 1 aromatic rings. The maximum absolute atomic E-state index is 12.3. The van der Waals surface area contributed by atoms with Crippen molar-refractivity contribution < 1.29 is 9.53 Å². The highest BCUT2D eigenvalue weighted by Crippen LogP contribution is 2.50. The van der Waals surface area contributed by atoms with Gasteiger partial charge in [-0.25, -0.2) is 0 Å². The molecule has 2 heteroatoms. The summed E-state index contributed by atoms with van der Waals surface area (Å²) in [6.45, 7) is 6.34. The van der Waals surface area contributed by atoms with Gasteiger partial charge in [-0.3, -0.25) is 4.79 Å². The standard InChI is InChI=1S/C19H26O2/c1-13-8-9-14(2)18(15(13)3)21-17-12-16(20)19(17)10-6-4-5-7-11-19/h8-9,17H,4-7,10-12H2,1-3H3. The normalized spacial score (nSPS) is 24.5. The Morgan fingerprint density at radius 2 is 1.62 bits per heavy atom. The molecule has 0 heterocycles. The molecule has 0 radical (unpaired) electrons. The van der Waals surface area contributed by atoms with Gasteiger partial charge in [-0.2, -0.15) is 0 Å². The Hall–Kier alpha value is -1.31. The van der Waals surface area contributed by atoms with E-state index in [2.05, 4.69) is 32.9 Å². The molecule has 0 aliphatic heterocycles. The minimum Gasteiger partial charge on any atom is -0.488 e. The number of ketones is 1. The van der Waals surface area contributed by atoms with Crippen LogP contribution in [0.1, 0.15) is 61.6 Å². The van der Waals surface area contributed by atoms with Crippen LogP contribution in [0.15, 0.2) is 12.1 Å². The second-order valence-electron chi connectivity index (χ2n) is 6.96. The number of Topliss-reactive ketones (excluding diaryl/α,β-unsaturated/α-hetero) is 1. The van der Waals surface area contributed by atoms with E-state index in [0.29, 0.717) is 12.2 Å². The van der Waals surface area contributed by atoms with Crippen LogP contribution in [-0.4, -0.2) is 11.9 Å². The Kier molecular flexibility index (Phi) is 3.81. The number of aryl methyl sites for hydroxylation is 2. The Balaban J connectivity index is 1.85. The van der Waals surface area contributed by atoms with E-state index in [9.17, 15) is 4.79 Å². The lowest BCUT2D eigenvalue weighted by Gasteiger charge is -2.47. The molecule has 1 aromatic carbocycles. The van der Waals surface area contributed by atoms with E-state index in [1.165, 1.54) is 42.4 Å². The minimum absolute atomic E-state index is 0.0994. The smallest absolute Gasteiger partial charge is 0.146 e. The molecule has 2 nitrogen and oxygen atoms in total. The zero-order valence-electron chi connectivity index (χ0n) is 13.5. The maximum atomic E-state index is 12.3. The average Bonchev–Trinajstić information content (AvgIpc) is 2.74. The van der Waals surface area contributed by atoms with Crippen LogP contribution in [0, 0.1) is 26.2 Å².